The van der Waals surface area contributed by atoms with Gasteiger partial charge in [-0.3, -0.25) is 0 Å². The van der Waals surface area contributed by atoms with Crippen molar-refractivity contribution in [1.29, 1.82) is 0 Å². The van der Waals surface area contributed by atoms with Crippen LogP contribution >= 0.6 is 11.8 Å². The van der Waals surface area contributed by atoms with Crippen molar-refractivity contribution in [3.8, 4) is 0 Å². The summed E-state index contributed by atoms with van der Waals surface area (Å²) in [5.74, 6) is -0.849. The molecule has 0 saturated heterocycles. The van der Waals surface area contributed by atoms with Gasteiger partial charge in [0.1, 0.15) is 29.9 Å². The van der Waals surface area contributed by atoms with Gasteiger partial charge in [-0.15, -0.1) is 0 Å². The van der Waals surface area contributed by atoms with E-state index in [9.17, 15) is 13.9 Å². The van der Waals surface area contributed by atoms with Crippen LogP contribution in [0.15, 0.2) is 30.9 Å². The Morgan fingerprint density at radius 3 is 2.59 bits per heavy atom. The summed E-state index contributed by atoms with van der Waals surface area (Å²) in [5, 5.41) is 15.3. The van der Waals surface area contributed by atoms with Crippen LogP contribution in [-0.4, -0.2) is 31.9 Å². The monoisotopic (exact) mass is 327 g/mol. The molecule has 7 heteroatoms. The molecule has 0 spiro atoms. The summed E-state index contributed by atoms with van der Waals surface area (Å²) in [6.07, 6.45) is 4.73. The van der Waals surface area contributed by atoms with E-state index < -0.39 is 22.7 Å². The van der Waals surface area contributed by atoms with Gasteiger partial charge in [0.2, 0.25) is 0 Å². The van der Waals surface area contributed by atoms with Crippen molar-refractivity contribution in [1.82, 2.24) is 14.8 Å². The summed E-state index contributed by atoms with van der Waals surface area (Å²) in [6, 6.07) is 3.24. The van der Waals surface area contributed by atoms with Crippen LogP contribution < -0.4 is 0 Å². The number of halogens is 2. The van der Waals surface area contributed by atoms with Crippen LogP contribution in [0.1, 0.15) is 19.4 Å². The molecule has 0 fully saturated rings. The fourth-order valence-corrected chi connectivity index (χ4v) is 3.48. The van der Waals surface area contributed by atoms with Gasteiger partial charge in [-0.05, 0) is 12.3 Å². The Bertz CT molecular complexity index is 634. The Kier molecular flexibility index (Phi) is 4.87. The number of hydrogen-bond acceptors (Lipinski definition) is 4. The molecule has 120 valence electrons. The Morgan fingerprint density at radius 2 is 2.05 bits per heavy atom. The Morgan fingerprint density at radius 1 is 1.32 bits per heavy atom. The summed E-state index contributed by atoms with van der Waals surface area (Å²) in [7, 11) is 0. The zero-order valence-corrected chi connectivity index (χ0v) is 13.6. The minimum atomic E-state index is -1.55. The number of aliphatic hydroxyl groups is 1. The first kappa shape index (κ1) is 16.9. The van der Waals surface area contributed by atoms with E-state index in [-0.39, 0.29) is 12.1 Å². The second-order valence-electron chi connectivity index (χ2n) is 5.89. The van der Waals surface area contributed by atoms with E-state index in [0.717, 1.165) is 12.1 Å². The summed E-state index contributed by atoms with van der Waals surface area (Å²) < 4.78 is 28.9. The van der Waals surface area contributed by atoms with Gasteiger partial charge in [-0.25, -0.2) is 18.4 Å². The van der Waals surface area contributed by atoms with E-state index in [0.29, 0.717) is 5.75 Å². The topological polar surface area (TPSA) is 50.9 Å². The summed E-state index contributed by atoms with van der Waals surface area (Å²) >= 11 is 1.55. The number of aromatic nitrogens is 3. The number of nitrogens with zero attached hydrogens (tertiary/aromatic N) is 3. The minimum absolute atomic E-state index is 0.0309. The molecule has 2 rings (SSSR count). The molecule has 1 atom stereocenters. The molecule has 1 unspecified atom stereocenters. The van der Waals surface area contributed by atoms with E-state index in [1.807, 2.05) is 20.1 Å². The highest BCUT2D eigenvalue weighted by Crippen LogP contribution is 2.43. The van der Waals surface area contributed by atoms with E-state index >= 15 is 0 Å². The molecule has 1 aromatic carbocycles. The molecule has 0 aliphatic carbocycles. The largest absolute Gasteiger partial charge is 0.383 e. The first-order valence-corrected chi connectivity index (χ1v) is 8.19. The molecule has 0 radical (unpaired) electrons. The minimum Gasteiger partial charge on any atom is -0.383 e. The van der Waals surface area contributed by atoms with Crippen LogP contribution in [0.4, 0.5) is 8.78 Å². The maximum Gasteiger partial charge on any atom is 0.137 e. The average Bonchev–Trinajstić information content (AvgIpc) is 2.90. The van der Waals surface area contributed by atoms with E-state index in [4.69, 9.17) is 0 Å². The van der Waals surface area contributed by atoms with E-state index in [2.05, 4.69) is 10.1 Å². The van der Waals surface area contributed by atoms with Crippen molar-refractivity contribution in [2.24, 2.45) is 5.41 Å². The fourth-order valence-electron chi connectivity index (χ4n) is 2.52. The third kappa shape index (κ3) is 3.15. The molecule has 4 nitrogen and oxygen atoms in total. The molecule has 22 heavy (non-hydrogen) atoms. The molecule has 0 amide bonds. The van der Waals surface area contributed by atoms with Crippen LogP contribution in [0.2, 0.25) is 0 Å². The van der Waals surface area contributed by atoms with Crippen molar-refractivity contribution in [3.63, 3.8) is 0 Å². The third-order valence-corrected chi connectivity index (χ3v) is 4.87. The molecule has 2 aromatic rings. The second kappa shape index (κ2) is 6.34. The predicted molar refractivity (Wildman–Crippen MR) is 82.4 cm³/mol. The molecule has 0 aliphatic heterocycles. The SMILES string of the molecule is CSCC(C)(C)C(O)(Cn1cncn1)c1ccc(F)cc1F. The van der Waals surface area contributed by atoms with Crippen LogP contribution in [0.5, 0.6) is 0 Å². The van der Waals surface area contributed by atoms with Gasteiger partial charge in [0.05, 0.1) is 6.54 Å². The standard InChI is InChI=1S/C15H19F2N3OS/c1-14(2,8-22-3)15(21,7-20-10-18-9-19-20)12-5-4-11(16)6-13(12)17/h4-6,9-10,21H,7-8H2,1-3H3. The smallest absolute Gasteiger partial charge is 0.137 e. The first-order valence-electron chi connectivity index (χ1n) is 6.79. The van der Waals surface area contributed by atoms with Gasteiger partial charge in [-0.2, -0.15) is 16.9 Å². The summed E-state index contributed by atoms with van der Waals surface area (Å²) in [5.41, 5.74) is -2.16. The molecular weight excluding hydrogens is 308 g/mol. The summed E-state index contributed by atoms with van der Waals surface area (Å²) in [6.45, 7) is 3.73. The zero-order chi connectivity index (χ0) is 16.4. The number of rotatable bonds is 6. The molecule has 1 aromatic heterocycles. The predicted octanol–water partition coefficient (Wildman–Crippen LogP) is 2.83. The highest BCUT2D eigenvalue weighted by Gasteiger charge is 2.46. The highest BCUT2D eigenvalue weighted by atomic mass is 32.2. The van der Waals surface area contributed by atoms with E-state index in [1.165, 1.54) is 23.4 Å². The Balaban J connectivity index is 2.53. The van der Waals surface area contributed by atoms with Gasteiger partial charge in [0, 0.05) is 22.8 Å². The first-order chi connectivity index (χ1) is 10.3. The Hall–Kier alpha value is -1.47. The Labute approximate surface area is 132 Å². The van der Waals surface area contributed by atoms with Crippen LogP contribution in [0, 0.1) is 17.0 Å². The molecule has 1 N–H and O–H groups in total. The quantitative estimate of drug-likeness (QED) is 0.886. The van der Waals surface area contributed by atoms with Gasteiger partial charge < -0.3 is 5.11 Å². The van der Waals surface area contributed by atoms with Crippen molar-refractivity contribution in [3.05, 3.63) is 48.1 Å². The molecule has 0 aliphatic rings. The maximum absolute atomic E-state index is 14.3. The van der Waals surface area contributed by atoms with E-state index in [1.54, 1.807) is 11.8 Å². The lowest BCUT2D eigenvalue weighted by molar-refractivity contribution is -0.0804. The third-order valence-electron chi connectivity index (χ3n) is 3.86. The van der Waals surface area contributed by atoms with Crippen molar-refractivity contribution >= 4 is 11.8 Å². The summed E-state index contributed by atoms with van der Waals surface area (Å²) in [4.78, 5) is 3.85. The second-order valence-corrected chi connectivity index (χ2v) is 6.76. The highest BCUT2D eigenvalue weighted by molar-refractivity contribution is 7.98. The van der Waals surface area contributed by atoms with Gasteiger partial charge in [0.25, 0.3) is 0 Å². The van der Waals surface area contributed by atoms with Gasteiger partial charge >= 0.3 is 0 Å². The normalized spacial score (nSPS) is 14.8. The van der Waals surface area contributed by atoms with Gasteiger partial charge in [0.15, 0.2) is 0 Å². The van der Waals surface area contributed by atoms with Crippen molar-refractivity contribution in [2.45, 2.75) is 26.0 Å². The number of hydrogen-bond donors (Lipinski definition) is 1. The van der Waals surface area contributed by atoms with Crippen LogP contribution in [0.25, 0.3) is 0 Å². The van der Waals surface area contributed by atoms with Crippen molar-refractivity contribution < 1.29 is 13.9 Å². The van der Waals surface area contributed by atoms with Crippen LogP contribution in [-0.2, 0) is 12.1 Å². The van der Waals surface area contributed by atoms with Crippen molar-refractivity contribution in [2.75, 3.05) is 12.0 Å². The maximum atomic E-state index is 14.3. The fraction of sp³-hybridized carbons (Fsp3) is 0.467. The average molecular weight is 327 g/mol. The number of thioether (sulfide) groups is 1. The molecule has 0 bridgehead atoms. The number of benzene rings is 1. The zero-order valence-electron chi connectivity index (χ0n) is 12.8. The lowest BCUT2D eigenvalue weighted by atomic mass is 9.71. The lowest BCUT2D eigenvalue weighted by Gasteiger charge is -2.43. The molecule has 0 saturated carbocycles. The lowest BCUT2D eigenvalue weighted by Crippen LogP contribution is -2.47. The van der Waals surface area contributed by atoms with Gasteiger partial charge in [-0.1, -0.05) is 19.9 Å². The van der Waals surface area contributed by atoms with Crippen LogP contribution in [0.3, 0.4) is 0 Å². The molecule has 1 heterocycles. The molecular formula is C15H19F2N3OS.